The van der Waals surface area contributed by atoms with Crippen LogP contribution >= 0.6 is 0 Å². The Hall–Kier alpha value is -1.76. The summed E-state index contributed by atoms with van der Waals surface area (Å²) in [6, 6.07) is 2.80. The van der Waals surface area contributed by atoms with Gasteiger partial charge in [0.25, 0.3) is 12.3 Å². The summed E-state index contributed by atoms with van der Waals surface area (Å²) >= 11 is 0. The molecule has 0 radical (unpaired) electrons. The summed E-state index contributed by atoms with van der Waals surface area (Å²) in [7, 11) is 1.56. The Morgan fingerprint density at radius 1 is 1.50 bits per heavy atom. The molecular weight excluding hydrogens is 270 g/mol. The smallest absolute Gasteiger partial charge is 0.272 e. The lowest BCUT2D eigenvalue weighted by molar-refractivity contribution is 0.0367. The average Bonchev–Trinajstić information content (AvgIpc) is 2.34. The Morgan fingerprint density at radius 2 is 2.15 bits per heavy atom. The van der Waals surface area contributed by atoms with Gasteiger partial charge in [-0.05, 0) is 19.9 Å². The highest BCUT2D eigenvalue weighted by atomic mass is 19.3. The van der Waals surface area contributed by atoms with Crippen molar-refractivity contribution in [3.63, 3.8) is 0 Å². The van der Waals surface area contributed by atoms with E-state index in [1.165, 1.54) is 23.2 Å². The predicted octanol–water partition coefficient (Wildman–Crippen LogP) is 1.57. The summed E-state index contributed by atoms with van der Waals surface area (Å²) in [5.41, 5.74) is -0.709. The number of halogens is 2. The summed E-state index contributed by atoms with van der Waals surface area (Å²) in [6.07, 6.45) is -1.32. The second kappa shape index (κ2) is 6.60. The summed E-state index contributed by atoms with van der Waals surface area (Å²) in [5.74, 6) is -0.285. The first kappa shape index (κ1) is 16.3. The zero-order valence-electron chi connectivity index (χ0n) is 11.6. The average molecular weight is 288 g/mol. The van der Waals surface area contributed by atoms with Crippen LogP contribution in [0.5, 0.6) is 5.88 Å². The molecule has 0 saturated heterocycles. The van der Waals surface area contributed by atoms with Gasteiger partial charge in [0.15, 0.2) is 6.61 Å². The van der Waals surface area contributed by atoms with Gasteiger partial charge in [-0.3, -0.25) is 4.79 Å². The number of rotatable bonds is 6. The SMILES string of the molecule is CN(CC(C)(C)O)C(=O)c1ccc(OCC(F)F)nc1. The molecule has 1 rings (SSSR count). The molecule has 1 aromatic heterocycles. The van der Waals surface area contributed by atoms with Gasteiger partial charge >= 0.3 is 0 Å². The van der Waals surface area contributed by atoms with Crippen LogP contribution in [0.25, 0.3) is 0 Å². The minimum Gasteiger partial charge on any atom is -0.472 e. The zero-order valence-corrected chi connectivity index (χ0v) is 11.6. The van der Waals surface area contributed by atoms with Gasteiger partial charge in [-0.1, -0.05) is 0 Å². The van der Waals surface area contributed by atoms with E-state index in [2.05, 4.69) is 4.98 Å². The predicted molar refractivity (Wildman–Crippen MR) is 69.0 cm³/mol. The molecule has 0 unspecified atom stereocenters. The highest BCUT2D eigenvalue weighted by molar-refractivity contribution is 5.93. The number of amides is 1. The lowest BCUT2D eigenvalue weighted by atomic mass is 10.1. The standard InChI is InChI=1S/C13H18F2N2O3/c1-13(2,19)8-17(3)12(18)9-4-5-11(16-6-9)20-7-10(14)15/h4-6,10,19H,7-8H2,1-3H3. The van der Waals surface area contributed by atoms with Gasteiger partial charge in [0.1, 0.15) is 0 Å². The Bertz CT molecular complexity index is 444. The van der Waals surface area contributed by atoms with Crippen molar-refractivity contribution in [1.29, 1.82) is 0 Å². The summed E-state index contributed by atoms with van der Waals surface area (Å²) in [5, 5.41) is 9.65. The third-order valence-electron chi connectivity index (χ3n) is 2.31. The first-order chi connectivity index (χ1) is 9.19. The van der Waals surface area contributed by atoms with E-state index in [0.717, 1.165) is 0 Å². The van der Waals surface area contributed by atoms with Crippen LogP contribution in [0, 0.1) is 0 Å². The van der Waals surface area contributed by atoms with Crippen LogP contribution in [-0.4, -0.2) is 53.1 Å². The first-order valence-electron chi connectivity index (χ1n) is 6.04. The number of carbonyl (C=O) groups is 1. The molecule has 0 fully saturated rings. The number of aromatic nitrogens is 1. The number of nitrogens with zero attached hydrogens (tertiary/aromatic N) is 2. The second-order valence-corrected chi connectivity index (χ2v) is 5.06. The van der Waals surface area contributed by atoms with E-state index in [1.807, 2.05) is 0 Å². The van der Waals surface area contributed by atoms with Crippen LogP contribution in [0.2, 0.25) is 0 Å². The minimum absolute atomic E-state index is 0.0343. The van der Waals surface area contributed by atoms with Gasteiger partial charge in [0, 0.05) is 25.9 Å². The molecule has 1 N–H and O–H groups in total. The number of likely N-dealkylation sites (N-methyl/N-ethyl adjacent to an activating group) is 1. The Morgan fingerprint density at radius 3 is 2.60 bits per heavy atom. The molecule has 20 heavy (non-hydrogen) atoms. The van der Waals surface area contributed by atoms with Crippen LogP contribution in [0.1, 0.15) is 24.2 Å². The Balaban J connectivity index is 2.65. The normalized spacial score (nSPS) is 11.6. The molecule has 0 aromatic carbocycles. The van der Waals surface area contributed by atoms with E-state index in [9.17, 15) is 18.7 Å². The lowest BCUT2D eigenvalue weighted by Gasteiger charge is -2.25. The number of hydrogen-bond acceptors (Lipinski definition) is 4. The molecule has 0 aliphatic carbocycles. The maximum absolute atomic E-state index is 12.0. The third kappa shape index (κ3) is 5.48. The Labute approximate surface area is 116 Å². The number of hydrogen-bond donors (Lipinski definition) is 1. The zero-order chi connectivity index (χ0) is 15.3. The molecule has 1 heterocycles. The fourth-order valence-electron chi connectivity index (χ4n) is 1.61. The first-order valence-corrected chi connectivity index (χ1v) is 6.04. The van der Waals surface area contributed by atoms with Gasteiger partial charge < -0.3 is 14.7 Å². The van der Waals surface area contributed by atoms with Gasteiger partial charge in [-0.2, -0.15) is 0 Å². The van der Waals surface area contributed by atoms with Crippen molar-refractivity contribution >= 4 is 5.91 Å². The van der Waals surface area contributed by atoms with Gasteiger partial charge in [-0.15, -0.1) is 0 Å². The molecule has 1 amide bonds. The van der Waals surface area contributed by atoms with Crippen LogP contribution in [-0.2, 0) is 0 Å². The van der Waals surface area contributed by atoms with Crippen molar-refractivity contribution in [2.45, 2.75) is 25.9 Å². The van der Waals surface area contributed by atoms with Gasteiger partial charge in [0.05, 0.1) is 11.2 Å². The molecular formula is C13H18F2N2O3. The van der Waals surface area contributed by atoms with E-state index in [0.29, 0.717) is 5.56 Å². The molecule has 0 saturated carbocycles. The molecule has 0 aliphatic rings. The van der Waals surface area contributed by atoms with Crippen LogP contribution < -0.4 is 4.74 Å². The van der Waals surface area contributed by atoms with Gasteiger partial charge in [-0.25, -0.2) is 13.8 Å². The molecule has 0 bridgehead atoms. The highest BCUT2D eigenvalue weighted by Gasteiger charge is 2.20. The van der Waals surface area contributed by atoms with Crippen molar-refractivity contribution in [2.75, 3.05) is 20.2 Å². The van der Waals surface area contributed by atoms with Gasteiger partial charge in [0.2, 0.25) is 5.88 Å². The van der Waals surface area contributed by atoms with Crippen LogP contribution in [0.4, 0.5) is 8.78 Å². The maximum Gasteiger partial charge on any atom is 0.272 e. The number of aliphatic hydroxyl groups is 1. The molecule has 1 aromatic rings. The van der Waals surface area contributed by atoms with Crippen molar-refractivity contribution in [3.05, 3.63) is 23.9 Å². The summed E-state index contributed by atoms with van der Waals surface area (Å²) < 4.78 is 28.6. The molecule has 0 atom stereocenters. The second-order valence-electron chi connectivity index (χ2n) is 5.06. The highest BCUT2D eigenvalue weighted by Crippen LogP contribution is 2.12. The number of pyridine rings is 1. The van der Waals surface area contributed by atoms with Crippen molar-refractivity contribution in [1.82, 2.24) is 9.88 Å². The fraction of sp³-hybridized carbons (Fsp3) is 0.538. The third-order valence-corrected chi connectivity index (χ3v) is 2.31. The molecule has 7 heteroatoms. The van der Waals surface area contributed by atoms with Crippen molar-refractivity contribution in [3.8, 4) is 5.88 Å². The van der Waals surface area contributed by atoms with Crippen molar-refractivity contribution < 1.29 is 23.4 Å². The Kier molecular flexibility index (Phi) is 5.38. The van der Waals surface area contributed by atoms with E-state index in [1.54, 1.807) is 20.9 Å². The number of ether oxygens (including phenoxy) is 1. The maximum atomic E-state index is 12.0. The fourth-order valence-corrected chi connectivity index (χ4v) is 1.61. The topological polar surface area (TPSA) is 62.7 Å². The molecule has 0 spiro atoms. The van der Waals surface area contributed by atoms with E-state index < -0.39 is 18.6 Å². The number of alkyl halides is 2. The summed E-state index contributed by atoms with van der Waals surface area (Å²) in [4.78, 5) is 17.2. The van der Waals surface area contributed by atoms with E-state index in [4.69, 9.17) is 4.74 Å². The van der Waals surface area contributed by atoms with E-state index in [-0.39, 0.29) is 18.3 Å². The lowest BCUT2D eigenvalue weighted by Crippen LogP contribution is -2.39. The van der Waals surface area contributed by atoms with Crippen molar-refractivity contribution in [2.24, 2.45) is 0 Å². The largest absolute Gasteiger partial charge is 0.472 e. The molecule has 5 nitrogen and oxygen atoms in total. The monoisotopic (exact) mass is 288 g/mol. The number of carbonyl (C=O) groups excluding carboxylic acids is 1. The van der Waals surface area contributed by atoms with E-state index >= 15 is 0 Å². The molecule has 112 valence electrons. The van der Waals surface area contributed by atoms with Crippen LogP contribution in [0.3, 0.4) is 0 Å². The summed E-state index contributed by atoms with van der Waals surface area (Å²) in [6.45, 7) is 2.61. The molecule has 0 aliphatic heterocycles. The quantitative estimate of drug-likeness (QED) is 0.863. The van der Waals surface area contributed by atoms with Crippen LogP contribution in [0.15, 0.2) is 18.3 Å². The minimum atomic E-state index is -2.57.